The van der Waals surface area contributed by atoms with E-state index in [4.69, 9.17) is 10.8 Å². The molecule has 1 unspecified atom stereocenters. The highest BCUT2D eigenvalue weighted by Gasteiger charge is 2.28. The molecule has 21 heavy (non-hydrogen) atoms. The van der Waals surface area contributed by atoms with Crippen LogP contribution in [-0.4, -0.2) is 41.0 Å². The van der Waals surface area contributed by atoms with Crippen LogP contribution in [0.2, 0.25) is 0 Å². The van der Waals surface area contributed by atoms with Gasteiger partial charge in [-0.2, -0.15) is 0 Å². The number of aryl methyl sites for hydroxylation is 1. The van der Waals surface area contributed by atoms with Crippen molar-refractivity contribution in [1.29, 1.82) is 0 Å². The number of aromatic carboxylic acids is 1. The number of urea groups is 1. The second kappa shape index (κ2) is 6.13. The van der Waals surface area contributed by atoms with Crippen molar-refractivity contribution < 1.29 is 19.5 Å². The van der Waals surface area contributed by atoms with Crippen LogP contribution in [0.25, 0.3) is 0 Å². The van der Waals surface area contributed by atoms with Crippen molar-refractivity contribution in [3.8, 4) is 0 Å². The summed E-state index contributed by atoms with van der Waals surface area (Å²) in [6.07, 6.45) is 1.36. The van der Waals surface area contributed by atoms with E-state index in [1.807, 2.05) is 0 Å². The summed E-state index contributed by atoms with van der Waals surface area (Å²) in [6, 6.07) is 0.991. The predicted octanol–water partition coefficient (Wildman–Crippen LogP) is 1.48. The molecule has 0 radical (unpaired) electrons. The SMILES string of the molecule is Cc1cc(C(=O)O)c(NC(=O)C2CCCN(C(N)=O)C2)s1. The Morgan fingerprint density at radius 1 is 1.48 bits per heavy atom. The van der Waals surface area contributed by atoms with Crippen molar-refractivity contribution in [2.45, 2.75) is 19.8 Å². The molecule has 1 aromatic heterocycles. The Morgan fingerprint density at radius 2 is 2.19 bits per heavy atom. The number of nitrogens with two attached hydrogens (primary N) is 1. The van der Waals surface area contributed by atoms with Gasteiger partial charge in [0, 0.05) is 18.0 Å². The third-order valence-corrected chi connectivity index (χ3v) is 4.39. The third-order valence-electron chi connectivity index (χ3n) is 3.43. The van der Waals surface area contributed by atoms with E-state index in [9.17, 15) is 14.4 Å². The molecule has 4 N–H and O–H groups in total. The molecule has 1 atom stereocenters. The van der Waals surface area contributed by atoms with Gasteiger partial charge in [0.2, 0.25) is 5.91 Å². The number of hydrogen-bond acceptors (Lipinski definition) is 4. The average Bonchev–Trinajstić information content (AvgIpc) is 2.80. The van der Waals surface area contributed by atoms with E-state index < -0.39 is 12.0 Å². The average molecular weight is 311 g/mol. The summed E-state index contributed by atoms with van der Waals surface area (Å²) in [7, 11) is 0. The highest BCUT2D eigenvalue weighted by Crippen LogP contribution is 2.29. The fourth-order valence-corrected chi connectivity index (χ4v) is 3.28. The molecule has 7 nitrogen and oxygen atoms in total. The summed E-state index contributed by atoms with van der Waals surface area (Å²) in [6.45, 7) is 2.60. The molecule has 0 aliphatic carbocycles. The number of nitrogens with one attached hydrogen (secondary N) is 1. The second-order valence-electron chi connectivity index (χ2n) is 5.02. The maximum atomic E-state index is 12.2. The van der Waals surface area contributed by atoms with E-state index >= 15 is 0 Å². The minimum Gasteiger partial charge on any atom is -0.478 e. The topological polar surface area (TPSA) is 113 Å². The van der Waals surface area contributed by atoms with Crippen LogP contribution in [0.1, 0.15) is 28.1 Å². The number of piperidine rings is 1. The molecule has 1 aliphatic rings. The van der Waals surface area contributed by atoms with Crippen LogP contribution >= 0.6 is 11.3 Å². The van der Waals surface area contributed by atoms with Gasteiger partial charge in [0.15, 0.2) is 0 Å². The predicted molar refractivity (Wildman–Crippen MR) is 78.5 cm³/mol. The maximum absolute atomic E-state index is 12.2. The highest BCUT2D eigenvalue weighted by molar-refractivity contribution is 7.16. The number of hydrogen-bond donors (Lipinski definition) is 3. The lowest BCUT2D eigenvalue weighted by Gasteiger charge is -2.30. The Kier molecular flexibility index (Phi) is 4.46. The molecule has 114 valence electrons. The first-order chi connectivity index (χ1) is 9.88. The Bertz CT molecular complexity index is 584. The Hall–Kier alpha value is -2.09. The molecule has 2 heterocycles. The summed E-state index contributed by atoms with van der Waals surface area (Å²) in [4.78, 5) is 36.8. The van der Waals surface area contributed by atoms with Gasteiger partial charge in [-0.1, -0.05) is 0 Å². The summed E-state index contributed by atoms with van der Waals surface area (Å²) >= 11 is 1.22. The molecule has 0 spiro atoms. The number of carboxylic acids is 1. The Morgan fingerprint density at radius 3 is 2.81 bits per heavy atom. The highest BCUT2D eigenvalue weighted by atomic mass is 32.1. The summed E-state index contributed by atoms with van der Waals surface area (Å²) in [5.74, 6) is -1.71. The van der Waals surface area contributed by atoms with Crippen LogP contribution in [0.4, 0.5) is 9.80 Å². The van der Waals surface area contributed by atoms with Crippen molar-refractivity contribution in [1.82, 2.24) is 4.90 Å². The number of nitrogens with zero attached hydrogens (tertiary/aromatic N) is 1. The molecule has 1 aromatic rings. The normalized spacial score (nSPS) is 18.3. The van der Waals surface area contributed by atoms with Crippen molar-refractivity contribution >= 4 is 34.2 Å². The number of amides is 3. The van der Waals surface area contributed by atoms with Crippen molar-refractivity contribution in [2.75, 3.05) is 18.4 Å². The van der Waals surface area contributed by atoms with Crippen LogP contribution < -0.4 is 11.1 Å². The lowest BCUT2D eigenvalue weighted by Crippen LogP contribution is -2.46. The zero-order chi connectivity index (χ0) is 15.6. The second-order valence-corrected chi connectivity index (χ2v) is 6.27. The molecule has 0 saturated carbocycles. The molecule has 8 heteroatoms. The van der Waals surface area contributed by atoms with Crippen LogP contribution in [-0.2, 0) is 4.79 Å². The number of carbonyl (C=O) groups is 3. The molecule has 0 aromatic carbocycles. The van der Waals surface area contributed by atoms with Crippen LogP contribution in [0.3, 0.4) is 0 Å². The zero-order valence-corrected chi connectivity index (χ0v) is 12.4. The fraction of sp³-hybridized carbons (Fsp3) is 0.462. The largest absolute Gasteiger partial charge is 0.478 e. The van der Waals surface area contributed by atoms with Gasteiger partial charge >= 0.3 is 12.0 Å². The van der Waals surface area contributed by atoms with Crippen LogP contribution in [0, 0.1) is 12.8 Å². The number of carboxylic acid groups (broad SMARTS) is 1. The first kappa shape index (κ1) is 15.3. The van der Waals surface area contributed by atoms with Crippen LogP contribution in [0.5, 0.6) is 0 Å². The lowest BCUT2D eigenvalue weighted by molar-refractivity contribution is -0.121. The first-order valence-electron chi connectivity index (χ1n) is 6.57. The number of anilines is 1. The molecular weight excluding hydrogens is 294 g/mol. The van der Waals surface area contributed by atoms with Crippen molar-refractivity contribution in [3.63, 3.8) is 0 Å². The van der Waals surface area contributed by atoms with Gasteiger partial charge in [0.1, 0.15) is 5.00 Å². The van der Waals surface area contributed by atoms with Gasteiger partial charge in [0.25, 0.3) is 0 Å². The molecular formula is C13H17N3O4S. The van der Waals surface area contributed by atoms with Gasteiger partial charge in [-0.15, -0.1) is 11.3 Å². The quantitative estimate of drug-likeness (QED) is 0.784. The molecule has 1 fully saturated rings. The summed E-state index contributed by atoms with van der Waals surface area (Å²) < 4.78 is 0. The van der Waals surface area contributed by atoms with E-state index in [-0.39, 0.29) is 23.9 Å². The molecule has 2 rings (SSSR count). The molecule has 3 amide bonds. The number of primary amides is 1. The van der Waals surface area contributed by atoms with Crippen molar-refractivity contribution in [3.05, 3.63) is 16.5 Å². The van der Waals surface area contributed by atoms with Crippen LogP contribution in [0.15, 0.2) is 6.07 Å². The van der Waals surface area contributed by atoms with Gasteiger partial charge in [-0.3, -0.25) is 4.79 Å². The number of rotatable bonds is 3. The third kappa shape index (κ3) is 3.52. The van der Waals surface area contributed by atoms with E-state index in [0.29, 0.717) is 24.4 Å². The fourth-order valence-electron chi connectivity index (χ4n) is 2.37. The van der Waals surface area contributed by atoms with E-state index in [1.54, 1.807) is 6.92 Å². The number of thiophene rings is 1. The van der Waals surface area contributed by atoms with E-state index in [0.717, 1.165) is 4.88 Å². The van der Waals surface area contributed by atoms with Gasteiger partial charge in [-0.05, 0) is 25.8 Å². The monoisotopic (exact) mass is 311 g/mol. The lowest BCUT2D eigenvalue weighted by atomic mass is 9.97. The summed E-state index contributed by atoms with van der Waals surface area (Å²) in [5, 5.41) is 12.1. The molecule has 1 saturated heterocycles. The summed E-state index contributed by atoms with van der Waals surface area (Å²) in [5.41, 5.74) is 5.32. The Balaban J connectivity index is 2.07. The first-order valence-corrected chi connectivity index (χ1v) is 7.39. The standard InChI is InChI=1S/C13H17N3O4S/c1-7-5-9(12(18)19)11(21-7)15-10(17)8-3-2-4-16(6-8)13(14)20/h5,8H,2-4,6H2,1H3,(H2,14,20)(H,15,17)(H,18,19). The number of carbonyl (C=O) groups excluding carboxylic acids is 2. The molecule has 1 aliphatic heterocycles. The van der Waals surface area contributed by atoms with E-state index in [1.165, 1.54) is 22.3 Å². The Labute approximate surface area is 125 Å². The van der Waals surface area contributed by atoms with Crippen molar-refractivity contribution in [2.24, 2.45) is 11.7 Å². The zero-order valence-electron chi connectivity index (χ0n) is 11.6. The van der Waals surface area contributed by atoms with Gasteiger partial charge < -0.3 is 21.1 Å². The minimum atomic E-state index is -1.07. The molecule has 0 bridgehead atoms. The number of likely N-dealkylation sites (tertiary alicyclic amines) is 1. The smallest absolute Gasteiger partial charge is 0.338 e. The maximum Gasteiger partial charge on any atom is 0.338 e. The van der Waals surface area contributed by atoms with E-state index in [2.05, 4.69) is 5.32 Å². The van der Waals surface area contributed by atoms with Gasteiger partial charge in [-0.25, -0.2) is 9.59 Å². The minimum absolute atomic E-state index is 0.0911. The van der Waals surface area contributed by atoms with Gasteiger partial charge in [0.05, 0.1) is 11.5 Å².